The Kier molecular flexibility index (Phi) is 9.58. The van der Waals surface area contributed by atoms with Crippen molar-refractivity contribution in [2.75, 3.05) is 6.61 Å². The van der Waals surface area contributed by atoms with Gasteiger partial charge in [-0.05, 0) is 56.2 Å². The molecule has 1 aromatic carbocycles. The van der Waals surface area contributed by atoms with Crippen LogP contribution >= 0.6 is 0 Å². The highest BCUT2D eigenvalue weighted by Gasteiger charge is 2.32. The van der Waals surface area contributed by atoms with Gasteiger partial charge in [-0.2, -0.15) is 13.2 Å². The minimum Gasteiger partial charge on any atom is -0.491 e. The first kappa shape index (κ1) is 24.9. The molecule has 2 rings (SSSR count). The number of ether oxygens (including phenoxy) is 1. The van der Waals surface area contributed by atoms with Crippen molar-refractivity contribution in [3.63, 3.8) is 0 Å². The van der Waals surface area contributed by atoms with Crippen molar-refractivity contribution in [3.8, 4) is 5.75 Å². The van der Waals surface area contributed by atoms with Gasteiger partial charge in [-0.25, -0.2) is 0 Å². The number of aliphatic carboxylic acids is 1. The molecule has 1 aliphatic carbocycles. The second kappa shape index (κ2) is 11.9. The topological polar surface area (TPSA) is 87.0 Å². The number of aliphatic hydroxyl groups is 2. The summed E-state index contributed by atoms with van der Waals surface area (Å²) in [7, 11) is 0. The Labute approximate surface area is 179 Å². The highest BCUT2D eigenvalue weighted by atomic mass is 19.4. The normalized spacial score (nSPS) is 22.9. The van der Waals surface area contributed by atoms with Crippen molar-refractivity contribution >= 4 is 5.97 Å². The fraction of sp³-hybridized carbons (Fsp3) is 0.522. The van der Waals surface area contributed by atoms with Crippen LogP contribution in [0.5, 0.6) is 5.75 Å². The lowest BCUT2D eigenvalue weighted by Crippen LogP contribution is -2.19. The minimum absolute atomic E-state index is 0.0223. The van der Waals surface area contributed by atoms with E-state index in [9.17, 15) is 28.2 Å². The number of hydrogen-bond acceptors (Lipinski definition) is 4. The molecule has 0 spiro atoms. The summed E-state index contributed by atoms with van der Waals surface area (Å²) in [5.41, 5.74) is -0.817. The lowest BCUT2D eigenvalue weighted by Gasteiger charge is -2.18. The van der Waals surface area contributed by atoms with Gasteiger partial charge >= 0.3 is 12.1 Å². The molecule has 1 aliphatic rings. The maximum absolute atomic E-state index is 12.7. The molecule has 1 saturated carbocycles. The molecule has 5 nitrogen and oxygen atoms in total. The molecule has 4 atom stereocenters. The number of allylic oxidation sites excluding steroid dienone is 2. The fourth-order valence-electron chi connectivity index (χ4n) is 3.66. The first-order valence-electron chi connectivity index (χ1n) is 10.4. The summed E-state index contributed by atoms with van der Waals surface area (Å²) >= 11 is 0. The van der Waals surface area contributed by atoms with Crippen LogP contribution in [0.4, 0.5) is 13.2 Å². The highest BCUT2D eigenvalue weighted by molar-refractivity contribution is 5.66. The molecule has 0 amide bonds. The van der Waals surface area contributed by atoms with Crippen LogP contribution in [0.15, 0.2) is 48.6 Å². The number of halogens is 3. The molecule has 4 unspecified atom stereocenters. The van der Waals surface area contributed by atoms with Crippen LogP contribution in [0.25, 0.3) is 0 Å². The van der Waals surface area contributed by atoms with Crippen LogP contribution in [-0.4, -0.2) is 40.1 Å². The number of benzene rings is 1. The van der Waals surface area contributed by atoms with E-state index in [0.717, 1.165) is 25.0 Å². The van der Waals surface area contributed by atoms with Crippen LogP contribution in [0.2, 0.25) is 0 Å². The maximum Gasteiger partial charge on any atom is 0.416 e. The summed E-state index contributed by atoms with van der Waals surface area (Å²) in [6.07, 6.45) is 4.86. The number of carbonyl (C=O) groups is 1. The zero-order chi connectivity index (χ0) is 22.9. The first-order valence-corrected chi connectivity index (χ1v) is 10.4. The van der Waals surface area contributed by atoms with E-state index in [-0.39, 0.29) is 30.6 Å². The number of alkyl halides is 3. The molecule has 8 heteroatoms. The van der Waals surface area contributed by atoms with Crippen LogP contribution in [-0.2, 0) is 11.0 Å². The second-order valence-corrected chi connectivity index (χ2v) is 7.76. The van der Waals surface area contributed by atoms with Gasteiger partial charge in [0, 0.05) is 12.3 Å². The summed E-state index contributed by atoms with van der Waals surface area (Å²) in [6, 6.07) is 4.47. The molecule has 1 fully saturated rings. The van der Waals surface area contributed by atoms with Gasteiger partial charge < -0.3 is 20.1 Å². The summed E-state index contributed by atoms with van der Waals surface area (Å²) in [4.78, 5) is 10.5. The Hall–Kier alpha value is -2.32. The largest absolute Gasteiger partial charge is 0.491 e. The van der Waals surface area contributed by atoms with E-state index < -0.39 is 29.9 Å². The third-order valence-corrected chi connectivity index (χ3v) is 5.33. The minimum atomic E-state index is -4.46. The van der Waals surface area contributed by atoms with Crippen LogP contribution in [0, 0.1) is 11.8 Å². The van der Waals surface area contributed by atoms with Gasteiger partial charge in [0.05, 0.1) is 11.7 Å². The van der Waals surface area contributed by atoms with Crippen LogP contribution in [0.3, 0.4) is 0 Å². The monoisotopic (exact) mass is 442 g/mol. The molecule has 0 aliphatic heterocycles. The number of rotatable bonds is 11. The maximum atomic E-state index is 12.7. The number of unbranched alkanes of at least 4 members (excludes halogenated alkanes) is 1. The van der Waals surface area contributed by atoms with E-state index >= 15 is 0 Å². The van der Waals surface area contributed by atoms with Gasteiger partial charge in [-0.15, -0.1) is 0 Å². The standard InChI is InChI=1S/C23H29F3O5/c24-23(25,26)17-7-5-8-19(14-17)31-15-18(27)11-12-20-16(10-13-21(20)28)6-3-1-2-4-9-22(29)30/h1,3,5,7-8,11-12,14,16,18,20-21,27-28H,2,4,6,9-10,13,15H2,(H,29,30). The lowest BCUT2D eigenvalue weighted by atomic mass is 9.91. The SMILES string of the molecule is O=C(O)CCCC=CCC1CCC(O)C1C=CC(O)COc1cccc(C(F)(F)F)c1. The van der Waals surface area contributed by atoms with Gasteiger partial charge in [0.25, 0.3) is 0 Å². The molecule has 0 saturated heterocycles. The van der Waals surface area contributed by atoms with Crippen molar-refractivity contribution in [3.05, 3.63) is 54.1 Å². The van der Waals surface area contributed by atoms with E-state index in [1.54, 1.807) is 6.08 Å². The molecule has 0 aromatic heterocycles. The molecule has 172 valence electrons. The number of carboxylic acid groups (broad SMARTS) is 1. The van der Waals surface area contributed by atoms with Crippen LogP contribution in [0.1, 0.15) is 44.1 Å². The number of carboxylic acids is 1. The average Bonchev–Trinajstić information content (AvgIpc) is 3.06. The van der Waals surface area contributed by atoms with E-state index in [1.165, 1.54) is 18.2 Å². The predicted molar refractivity (Wildman–Crippen MR) is 110 cm³/mol. The molecule has 0 bridgehead atoms. The zero-order valence-electron chi connectivity index (χ0n) is 17.2. The van der Waals surface area contributed by atoms with Crippen molar-refractivity contribution < 1.29 is 38.0 Å². The highest BCUT2D eigenvalue weighted by Crippen LogP contribution is 2.36. The summed E-state index contributed by atoms with van der Waals surface area (Å²) in [6.45, 7) is -0.200. The molecular weight excluding hydrogens is 413 g/mol. The Morgan fingerprint density at radius 3 is 2.74 bits per heavy atom. The summed E-state index contributed by atoms with van der Waals surface area (Å²) in [5.74, 6) is -0.715. The fourth-order valence-corrected chi connectivity index (χ4v) is 3.66. The third-order valence-electron chi connectivity index (χ3n) is 5.33. The number of aliphatic hydroxyl groups excluding tert-OH is 2. The van der Waals surface area contributed by atoms with Gasteiger partial charge in [0.15, 0.2) is 0 Å². The predicted octanol–water partition coefficient (Wildman–Crippen LogP) is 4.59. The zero-order valence-corrected chi connectivity index (χ0v) is 17.2. The Morgan fingerprint density at radius 2 is 2.03 bits per heavy atom. The Balaban J connectivity index is 1.82. The second-order valence-electron chi connectivity index (χ2n) is 7.76. The number of hydrogen-bond donors (Lipinski definition) is 3. The Bertz CT molecular complexity index is 760. The molecular formula is C23H29F3O5. The van der Waals surface area contributed by atoms with Crippen molar-refractivity contribution in [2.45, 2.75) is 56.9 Å². The van der Waals surface area contributed by atoms with Crippen molar-refractivity contribution in [2.24, 2.45) is 11.8 Å². The smallest absolute Gasteiger partial charge is 0.416 e. The van der Waals surface area contributed by atoms with E-state index in [2.05, 4.69) is 0 Å². The molecule has 0 radical (unpaired) electrons. The summed E-state index contributed by atoms with van der Waals surface area (Å²) < 4.78 is 43.5. The van der Waals surface area contributed by atoms with E-state index in [0.29, 0.717) is 19.3 Å². The molecule has 0 heterocycles. The van der Waals surface area contributed by atoms with Gasteiger partial charge in [0.2, 0.25) is 0 Å². The Morgan fingerprint density at radius 1 is 1.26 bits per heavy atom. The van der Waals surface area contributed by atoms with E-state index in [1.807, 2.05) is 12.2 Å². The third kappa shape index (κ3) is 8.75. The van der Waals surface area contributed by atoms with Crippen LogP contribution < -0.4 is 4.74 Å². The van der Waals surface area contributed by atoms with Gasteiger partial charge in [-0.3, -0.25) is 4.79 Å². The molecule has 3 N–H and O–H groups in total. The van der Waals surface area contributed by atoms with Crippen molar-refractivity contribution in [1.29, 1.82) is 0 Å². The van der Waals surface area contributed by atoms with Gasteiger partial charge in [-0.1, -0.05) is 30.4 Å². The quantitative estimate of drug-likeness (QED) is 0.345. The molecule has 31 heavy (non-hydrogen) atoms. The van der Waals surface area contributed by atoms with E-state index in [4.69, 9.17) is 9.84 Å². The lowest BCUT2D eigenvalue weighted by molar-refractivity contribution is -0.138. The summed E-state index contributed by atoms with van der Waals surface area (Å²) in [5, 5.41) is 29.0. The molecule has 1 aromatic rings. The first-order chi connectivity index (χ1) is 14.7. The average molecular weight is 442 g/mol. The van der Waals surface area contributed by atoms with Gasteiger partial charge in [0.1, 0.15) is 18.5 Å². The van der Waals surface area contributed by atoms with Crippen molar-refractivity contribution in [1.82, 2.24) is 0 Å².